The molecule has 1 saturated heterocycles. The SMILES string of the molecule is CC(C)OC(=O)OCn1ccc2c(S(=O)(=O)N3CC[C@@H](N)C34CC4)cccc2c1=O. The van der Waals surface area contributed by atoms with E-state index in [0.717, 1.165) is 12.8 Å². The van der Waals surface area contributed by atoms with E-state index in [0.29, 0.717) is 18.4 Å². The van der Waals surface area contributed by atoms with Crippen LogP contribution >= 0.6 is 0 Å². The molecule has 2 aliphatic rings. The van der Waals surface area contributed by atoms with Gasteiger partial charge in [-0.15, -0.1) is 0 Å². The van der Waals surface area contributed by atoms with Gasteiger partial charge in [-0.05, 0) is 51.3 Å². The molecule has 162 valence electrons. The number of nitrogens with zero attached hydrogens (tertiary/aromatic N) is 2. The zero-order valence-corrected chi connectivity index (χ0v) is 17.7. The summed E-state index contributed by atoms with van der Waals surface area (Å²) in [5, 5.41) is 0.563. The van der Waals surface area contributed by atoms with E-state index in [1.54, 1.807) is 32.0 Å². The molecular weight excluding hydrogens is 410 g/mol. The van der Waals surface area contributed by atoms with Crippen LogP contribution in [0.1, 0.15) is 33.1 Å². The molecule has 2 aromatic rings. The highest BCUT2D eigenvalue weighted by molar-refractivity contribution is 7.89. The molecule has 1 spiro atoms. The summed E-state index contributed by atoms with van der Waals surface area (Å²) in [5.41, 5.74) is 5.23. The Kier molecular flexibility index (Phi) is 5.11. The van der Waals surface area contributed by atoms with Crippen molar-refractivity contribution in [2.75, 3.05) is 6.54 Å². The van der Waals surface area contributed by atoms with Crippen LogP contribution in [-0.4, -0.2) is 47.7 Å². The molecule has 1 aliphatic heterocycles. The second-order valence-corrected chi connectivity index (χ2v) is 9.90. The van der Waals surface area contributed by atoms with Crippen molar-refractivity contribution in [3.8, 4) is 0 Å². The van der Waals surface area contributed by atoms with Crippen LogP contribution < -0.4 is 11.3 Å². The number of nitrogens with two attached hydrogens (primary N) is 1. The third-order valence-electron chi connectivity index (χ3n) is 5.79. The van der Waals surface area contributed by atoms with Crippen LogP contribution in [0.3, 0.4) is 0 Å². The Hall–Kier alpha value is -2.43. The quantitative estimate of drug-likeness (QED) is 0.711. The summed E-state index contributed by atoms with van der Waals surface area (Å²) in [7, 11) is -3.81. The minimum atomic E-state index is -3.81. The minimum absolute atomic E-state index is 0.0877. The number of aromatic nitrogens is 1. The van der Waals surface area contributed by atoms with Gasteiger partial charge in [0, 0.05) is 29.6 Å². The fraction of sp³-hybridized carbons (Fsp3) is 0.500. The fourth-order valence-corrected chi connectivity index (χ4v) is 6.21. The van der Waals surface area contributed by atoms with Crippen LogP contribution in [-0.2, 0) is 26.2 Å². The second kappa shape index (κ2) is 7.36. The average Bonchev–Trinajstić information content (AvgIpc) is 3.40. The van der Waals surface area contributed by atoms with Crippen molar-refractivity contribution in [2.45, 2.75) is 62.4 Å². The summed E-state index contributed by atoms with van der Waals surface area (Å²) < 4.78 is 39.4. The van der Waals surface area contributed by atoms with Crippen molar-refractivity contribution in [3.05, 3.63) is 40.8 Å². The van der Waals surface area contributed by atoms with Crippen molar-refractivity contribution in [2.24, 2.45) is 5.73 Å². The Balaban J connectivity index is 1.68. The molecule has 1 aliphatic carbocycles. The molecule has 1 aromatic carbocycles. The molecule has 2 N–H and O–H groups in total. The number of hydrogen-bond donors (Lipinski definition) is 1. The lowest BCUT2D eigenvalue weighted by atomic mass is 10.1. The van der Waals surface area contributed by atoms with Crippen LogP contribution in [0, 0.1) is 0 Å². The van der Waals surface area contributed by atoms with E-state index in [1.165, 1.54) is 21.1 Å². The zero-order chi connectivity index (χ0) is 21.7. The van der Waals surface area contributed by atoms with E-state index in [2.05, 4.69) is 0 Å². The summed E-state index contributed by atoms with van der Waals surface area (Å²) in [4.78, 5) is 24.5. The lowest BCUT2D eigenvalue weighted by Gasteiger charge is -2.26. The van der Waals surface area contributed by atoms with E-state index in [9.17, 15) is 18.0 Å². The lowest BCUT2D eigenvalue weighted by molar-refractivity contribution is 0.0154. The topological polar surface area (TPSA) is 121 Å². The molecule has 2 heterocycles. The van der Waals surface area contributed by atoms with Gasteiger partial charge in [0.2, 0.25) is 10.0 Å². The molecule has 0 unspecified atom stereocenters. The predicted molar refractivity (Wildman–Crippen MR) is 109 cm³/mol. The van der Waals surface area contributed by atoms with Gasteiger partial charge in [0.15, 0.2) is 6.73 Å². The van der Waals surface area contributed by atoms with Gasteiger partial charge in [0.25, 0.3) is 5.56 Å². The van der Waals surface area contributed by atoms with E-state index < -0.39 is 27.3 Å². The molecule has 1 saturated carbocycles. The molecule has 1 aromatic heterocycles. The van der Waals surface area contributed by atoms with E-state index in [4.69, 9.17) is 15.2 Å². The van der Waals surface area contributed by atoms with Crippen LogP contribution in [0.4, 0.5) is 4.79 Å². The van der Waals surface area contributed by atoms with E-state index in [1.807, 2.05) is 0 Å². The molecule has 2 fully saturated rings. The minimum Gasteiger partial charge on any atom is -0.432 e. The number of rotatable bonds is 5. The molecule has 0 radical (unpaired) electrons. The summed E-state index contributed by atoms with van der Waals surface area (Å²) in [6.07, 6.45) is 2.33. The van der Waals surface area contributed by atoms with Crippen LogP contribution in [0.15, 0.2) is 40.2 Å². The zero-order valence-electron chi connectivity index (χ0n) is 16.9. The second-order valence-electron chi connectivity index (χ2n) is 8.07. The van der Waals surface area contributed by atoms with Crippen molar-refractivity contribution < 1.29 is 22.7 Å². The molecule has 30 heavy (non-hydrogen) atoms. The highest BCUT2D eigenvalue weighted by Gasteiger charge is 2.60. The van der Waals surface area contributed by atoms with Gasteiger partial charge >= 0.3 is 6.16 Å². The average molecular weight is 436 g/mol. The van der Waals surface area contributed by atoms with Gasteiger partial charge in [-0.3, -0.25) is 9.36 Å². The van der Waals surface area contributed by atoms with Crippen LogP contribution in [0.2, 0.25) is 0 Å². The highest BCUT2D eigenvalue weighted by atomic mass is 32.2. The Morgan fingerprint density at radius 1 is 1.27 bits per heavy atom. The molecule has 0 amide bonds. The highest BCUT2D eigenvalue weighted by Crippen LogP contribution is 2.51. The number of fused-ring (bicyclic) bond motifs is 1. The standard InChI is InChI=1S/C20H25N3O6S/c1-13(2)29-19(25)28-12-22-10-6-14-15(18(22)24)4-3-5-16(14)30(26,27)23-11-7-17(21)20(23)8-9-20/h3-6,10,13,17H,7-9,11-12,21H2,1-2H3/t17-/m1/s1. The molecular formula is C20H25N3O6S. The number of carbonyl (C=O) groups excluding carboxylic acids is 1. The number of carbonyl (C=O) groups is 1. The lowest BCUT2D eigenvalue weighted by Crippen LogP contribution is -2.44. The number of sulfonamides is 1. The largest absolute Gasteiger partial charge is 0.510 e. The van der Waals surface area contributed by atoms with Gasteiger partial charge in [-0.2, -0.15) is 4.31 Å². The number of pyridine rings is 1. The third kappa shape index (κ3) is 3.38. The summed E-state index contributed by atoms with van der Waals surface area (Å²) in [5.74, 6) is 0. The normalized spacial score (nSPS) is 20.7. The van der Waals surface area contributed by atoms with Gasteiger partial charge in [-0.25, -0.2) is 13.2 Å². The van der Waals surface area contributed by atoms with Crippen LogP contribution in [0.5, 0.6) is 0 Å². The molecule has 9 nitrogen and oxygen atoms in total. The van der Waals surface area contributed by atoms with Crippen molar-refractivity contribution >= 4 is 27.0 Å². The summed E-state index contributed by atoms with van der Waals surface area (Å²) >= 11 is 0. The monoisotopic (exact) mass is 435 g/mol. The third-order valence-corrected chi connectivity index (χ3v) is 7.83. The Bertz CT molecular complexity index is 1150. The van der Waals surface area contributed by atoms with Gasteiger partial charge in [-0.1, -0.05) is 6.07 Å². The van der Waals surface area contributed by atoms with Gasteiger partial charge in [0.1, 0.15) is 0 Å². The summed E-state index contributed by atoms with van der Waals surface area (Å²) in [6, 6.07) is 6.00. The fourth-order valence-electron chi connectivity index (χ4n) is 4.12. The maximum Gasteiger partial charge on any atom is 0.510 e. The van der Waals surface area contributed by atoms with E-state index in [-0.39, 0.29) is 29.2 Å². The number of benzene rings is 1. The Labute approximate surface area is 174 Å². The first-order valence-corrected chi connectivity index (χ1v) is 11.3. The van der Waals surface area contributed by atoms with Gasteiger partial charge in [0.05, 0.1) is 16.5 Å². The first-order valence-electron chi connectivity index (χ1n) is 9.91. The Morgan fingerprint density at radius 3 is 2.67 bits per heavy atom. The smallest absolute Gasteiger partial charge is 0.432 e. The first kappa shape index (κ1) is 20.8. The molecule has 10 heteroatoms. The summed E-state index contributed by atoms with van der Waals surface area (Å²) in [6.45, 7) is 3.42. The predicted octanol–water partition coefficient (Wildman–Crippen LogP) is 1.77. The van der Waals surface area contributed by atoms with Crippen molar-refractivity contribution in [3.63, 3.8) is 0 Å². The van der Waals surface area contributed by atoms with Crippen LogP contribution in [0.25, 0.3) is 10.8 Å². The van der Waals surface area contributed by atoms with Crippen molar-refractivity contribution in [1.82, 2.24) is 8.87 Å². The Morgan fingerprint density at radius 2 is 2.00 bits per heavy atom. The number of hydrogen-bond acceptors (Lipinski definition) is 7. The van der Waals surface area contributed by atoms with E-state index >= 15 is 0 Å². The molecule has 4 rings (SSSR count). The van der Waals surface area contributed by atoms with Gasteiger partial charge < -0.3 is 15.2 Å². The first-order chi connectivity index (χ1) is 14.2. The van der Waals surface area contributed by atoms with Crippen molar-refractivity contribution in [1.29, 1.82) is 0 Å². The maximum atomic E-state index is 13.4. The number of ether oxygens (including phenoxy) is 2. The molecule has 0 bridgehead atoms. The molecule has 1 atom stereocenters. The maximum absolute atomic E-state index is 13.4.